The largest absolute Gasteiger partial charge is 0.494 e. The van der Waals surface area contributed by atoms with E-state index in [1.165, 1.54) is 37.9 Å². The number of amides is 1. The second-order valence-corrected chi connectivity index (χ2v) is 7.46. The number of carbonyl (C=O) groups is 1. The van der Waals surface area contributed by atoms with Crippen LogP contribution in [0.3, 0.4) is 0 Å². The van der Waals surface area contributed by atoms with E-state index in [4.69, 9.17) is 4.74 Å². The molecule has 0 bridgehead atoms. The molecular formula is C23H29ClN2O2. The Bertz CT molecular complexity index is 772. The third kappa shape index (κ3) is 4.86. The maximum absolute atomic E-state index is 12.8. The molecule has 5 heteroatoms. The summed E-state index contributed by atoms with van der Waals surface area (Å²) in [6.07, 6.45) is 6.02. The van der Waals surface area contributed by atoms with Crippen LogP contribution in [0.25, 0.3) is 0 Å². The van der Waals surface area contributed by atoms with Gasteiger partial charge in [-0.25, -0.2) is 0 Å². The van der Waals surface area contributed by atoms with Crippen molar-refractivity contribution in [3.8, 4) is 5.75 Å². The van der Waals surface area contributed by atoms with Crippen molar-refractivity contribution in [2.24, 2.45) is 0 Å². The first-order valence-electron chi connectivity index (χ1n) is 10.2. The SMILES string of the molecule is Cl.O=C(c1ccc(OCCCN2CCCCC2)cc1)N1CCc2ccccc21. The van der Waals surface area contributed by atoms with Crippen LogP contribution < -0.4 is 9.64 Å². The number of hydrogen-bond acceptors (Lipinski definition) is 3. The molecule has 0 aromatic heterocycles. The van der Waals surface area contributed by atoms with E-state index in [2.05, 4.69) is 11.0 Å². The van der Waals surface area contributed by atoms with Gasteiger partial charge in [0.1, 0.15) is 5.75 Å². The number of carbonyl (C=O) groups excluding carboxylic acids is 1. The molecule has 1 saturated heterocycles. The molecule has 2 aromatic rings. The fourth-order valence-corrected chi connectivity index (χ4v) is 4.06. The van der Waals surface area contributed by atoms with E-state index < -0.39 is 0 Å². The molecule has 1 amide bonds. The molecule has 0 N–H and O–H groups in total. The fourth-order valence-electron chi connectivity index (χ4n) is 4.06. The number of para-hydroxylation sites is 1. The molecule has 0 unspecified atom stereocenters. The zero-order valence-electron chi connectivity index (χ0n) is 16.3. The maximum atomic E-state index is 12.8. The normalized spacial score (nSPS) is 16.4. The maximum Gasteiger partial charge on any atom is 0.258 e. The Morgan fingerprint density at radius 3 is 2.46 bits per heavy atom. The molecular weight excluding hydrogens is 372 g/mol. The van der Waals surface area contributed by atoms with Gasteiger partial charge >= 0.3 is 0 Å². The summed E-state index contributed by atoms with van der Waals surface area (Å²) >= 11 is 0. The summed E-state index contributed by atoms with van der Waals surface area (Å²) in [7, 11) is 0. The number of halogens is 1. The van der Waals surface area contributed by atoms with Crippen molar-refractivity contribution in [3.63, 3.8) is 0 Å². The molecule has 0 saturated carbocycles. The number of piperidine rings is 1. The van der Waals surface area contributed by atoms with Crippen molar-refractivity contribution >= 4 is 24.0 Å². The van der Waals surface area contributed by atoms with Crippen molar-refractivity contribution in [1.29, 1.82) is 0 Å². The number of nitrogens with zero attached hydrogens (tertiary/aromatic N) is 2. The zero-order chi connectivity index (χ0) is 18.5. The van der Waals surface area contributed by atoms with Crippen LogP contribution >= 0.6 is 12.4 Å². The second-order valence-electron chi connectivity index (χ2n) is 7.46. The Labute approximate surface area is 173 Å². The molecule has 4 nitrogen and oxygen atoms in total. The van der Waals surface area contributed by atoms with Crippen molar-refractivity contribution in [3.05, 3.63) is 59.7 Å². The van der Waals surface area contributed by atoms with Crippen molar-refractivity contribution in [2.45, 2.75) is 32.1 Å². The molecule has 28 heavy (non-hydrogen) atoms. The highest BCUT2D eigenvalue weighted by molar-refractivity contribution is 6.07. The van der Waals surface area contributed by atoms with E-state index in [1.54, 1.807) is 0 Å². The Hall–Kier alpha value is -2.04. The van der Waals surface area contributed by atoms with Gasteiger partial charge in [0.15, 0.2) is 0 Å². The molecule has 0 aliphatic carbocycles. The average molecular weight is 401 g/mol. The summed E-state index contributed by atoms with van der Waals surface area (Å²) < 4.78 is 5.86. The highest BCUT2D eigenvalue weighted by Gasteiger charge is 2.24. The predicted molar refractivity (Wildman–Crippen MR) is 116 cm³/mol. The summed E-state index contributed by atoms with van der Waals surface area (Å²) in [5.41, 5.74) is 3.01. The van der Waals surface area contributed by atoms with Gasteiger partial charge in [-0.2, -0.15) is 0 Å². The second kappa shape index (κ2) is 9.94. The highest BCUT2D eigenvalue weighted by atomic mass is 35.5. The van der Waals surface area contributed by atoms with Crippen LogP contribution in [0.5, 0.6) is 5.75 Å². The van der Waals surface area contributed by atoms with E-state index in [0.717, 1.165) is 44.0 Å². The summed E-state index contributed by atoms with van der Waals surface area (Å²) in [6.45, 7) is 5.06. The van der Waals surface area contributed by atoms with Gasteiger partial charge in [0.05, 0.1) is 6.61 Å². The van der Waals surface area contributed by atoms with Gasteiger partial charge in [-0.1, -0.05) is 24.6 Å². The van der Waals surface area contributed by atoms with E-state index in [9.17, 15) is 4.79 Å². The summed E-state index contributed by atoms with van der Waals surface area (Å²) in [4.78, 5) is 17.2. The number of hydrogen-bond donors (Lipinski definition) is 0. The molecule has 0 atom stereocenters. The molecule has 2 heterocycles. The third-order valence-electron chi connectivity index (χ3n) is 5.57. The summed E-state index contributed by atoms with van der Waals surface area (Å²) in [5, 5.41) is 0. The standard InChI is InChI=1S/C23H28N2O2.ClH/c26-23(25-17-13-19-7-2-3-8-22(19)25)20-9-11-21(12-10-20)27-18-6-16-24-14-4-1-5-15-24;/h2-3,7-12H,1,4-6,13-18H2;1H. The monoisotopic (exact) mass is 400 g/mol. The minimum absolute atomic E-state index is 0. The first kappa shape index (κ1) is 20.7. The lowest BCUT2D eigenvalue weighted by Gasteiger charge is -2.26. The average Bonchev–Trinajstić information content (AvgIpc) is 3.16. The van der Waals surface area contributed by atoms with Crippen LogP contribution in [0.2, 0.25) is 0 Å². The fraction of sp³-hybridized carbons (Fsp3) is 0.435. The lowest BCUT2D eigenvalue weighted by molar-refractivity contribution is 0.0989. The Kier molecular flexibility index (Phi) is 7.35. The smallest absolute Gasteiger partial charge is 0.258 e. The third-order valence-corrected chi connectivity index (χ3v) is 5.57. The van der Waals surface area contributed by atoms with E-state index >= 15 is 0 Å². The Morgan fingerprint density at radius 2 is 1.68 bits per heavy atom. The lowest BCUT2D eigenvalue weighted by Crippen LogP contribution is -2.31. The summed E-state index contributed by atoms with van der Waals surface area (Å²) in [6, 6.07) is 15.7. The molecule has 2 aromatic carbocycles. The number of likely N-dealkylation sites (tertiary alicyclic amines) is 1. The number of fused-ring (bicyclic) bond motifs is 1. The van der Waals surface area contributed by atoms with Crippen molar-refractivity contribution < 1.29 is 9.53 Å². The topological polar surface area (TPSA) is 32.8 Å². The molecule has 0 radical (unpaired) electrons. The van der Waals surface area contributed by atoms with Gasteiger partial charge in [0.25, 0.3) is 5.91 Å². The van der Waals surface area contributed by atoms with E-state index in [-0.39, 0.29) is 18.3 Å². The molecule has 2 aliphatic rings. The van der Waals surface area contributed by atoms with Crippen molar-refractivity contribution in [1.82, 2.24) is 4.90 Å². The van der Waals surface area contributed by atoms with Gasteiger partial charge < -0.3 is 14.5 Å². The Balaban J connectivity index is 0.00000225. The number of rotatable bonds is 6. The lowest BCUT2D eigenvalue weighted by atomic mass is 10.1. The van der Waals surface area contributed by atoms with Gasteiger partial charge in [-0.3, -0.25) is 4.79 Å². The number of benzene rings is 2. The zero-order valence-corrected chi connectivity index (χ0v) is 17.1. The van der Waals surface area contributed by atoms with Crippen LogP contribution in [0.4, 0.5) is 5.69 Å². The van der Waals surface area contributed by atoms with Gasteiger partial charge in [0, 0.05) is 24.3 Å². The minimum Gasteiger partial charge on any atom is -0.494 e. The van der Waals surface area contributed by atoms with Gasteiger partial charge in [-0.15, -0.1) is 12.4 Å². The van der Waals surface area contributed by atoms with Crippen LogP contribution in [-0.2, 0) is 6.42 Å². The van der Waals surface area contributed by atoms with Gasteiger partial charge in [-0.05, 0) is 74.7 Å². The van der Waals surface area contributed by atoms with Gasteiger partial charge in [0.2, 0.25) is 0 Å². The van der Waals surface area contributed by atoms with Crippen molar-refractivity contribution in [2.75, 3.05) is 37.7 Å². The van der Waals surface area contributed by atoms with E-state index in [1.807, 2.05) is 47.4 Å². The summed E-state index contributed by atoms with van der Waals surface area (Å²) in [5.74, 6) is 0.906. The Morgan fingerprint density at radius 1 is 0.929 bits per heavy atom. The minimum atomic E-state index is 0. The molecule has 0 spiro atoms. The van der Waals surface area contributed by atoms with Crippen LogP contribution in [-0.4, -0.2) is 43.6 Å². The quantitative estimate of drug-likeness (QED) is 0.666. The number of anilines is 1. The molecule has 4 rings (SSSR count). The first-order chi connectivity index (χ1) is 13.3. The van der Waals surface area contributed by atoms with E-state index in [0.29, 0.717) is 5.56 Å². The number of ether oxygens (including phenoxy) is 1. The highest BCUT2D eigenvalue weighted by Crippen LogP contribution is 2.29. The van der Waals surface area contributed by atoms with Crippen LogP contribution in [0, 0.1) is 0 Å². The first-order valence-corrected chi connectivity index (χ1v) is 10.2. The predicted octanol–water partition coefficient (Wildman–Crippen LogP) is 4.57. The van der Waals surface area contributed by atoms with Crippen LogP contribution in [0.15, 0.2) is 48.5 Å². The molecule has 1 fully saturated rings. The molecule has 2 aliphatic heterocycles. The van der Waals surface area contributed by atoms with Crippen LogP contribution in [0.1, 0.15) is 41.6 Å². The molecule has 150 valence electrons.